The maximum absolute atomic E-state index is 5.71. The molecule has 0 aliphatic rings. The molecule has 0 amide bonds. The second kappa shape index (κ2) is 6.99. The van der Waals surface area contributed by atoms with E-state index < -0.39 is 0 Å². The van der Waals surface area contributed by atoms with Crippen LogP contribution in [0.15, 0.2) is 27.1 Å². The fourth-order valence-electron chi connectivity index (χ4n) is 1.88. The highest BCUT2D eigenvalue weighted by Crippen LogP contribution is 2.24. The van der Waals surface area contributed by atoms with Crippen LogP contribution in [-0.2, 0) is 6.42 Å². The summed E-state index contributed by atoms with van der Waals surface area (Å²) in [4.78, 5) is 0. The van der Waals surface area contributed by atoms with Crippen LogP contribution in [0.5, 0.6) is 0 Å². The van der Waals surface area contributed by atoms with Crippen molar-refractivity contribution in [3.63, 3.8) is 0 Å². The minimum atomic E-state index is 0.513. The van der Waals surface area contributed by atoms with Gasteiger partial charge < -0.3 is 9.73 Å². The van der Waals surface area contributed by atoms with E-state index in [0.29, 0.717) is 17.8 Å². The number of nitrogens with one attached hydrogen (secondary N) is 1. The molecule has 1 heterocycles. The van der Waals surface area contributed by atoms with Crippen LogP contribution < -0.4 is 5.32 Å². The molecular formula is C15H20BrN3O. The largest absolute Gasteiger partial charge is 0.421 e. The quantitative estimate of drug-likeness (QED) is 0.816. The van der Waals surface area contributed by atoms with E-state index in [2.05, 4.69) is 45.3 Å². The first-order valence-electron chi connectivity index (χ1n) is 6.88. The van der Waals surface area contributed by atoms with Crippen molar-refractivity contribution in [3.8, 4) is 11.5 Å². The summed E-state index contributed by atoms with van der Waals surface area (Å²) in [6.45, 7) is 7.29. The first-order chi connectivity index (χ1) is 9.56. The van der Waals surface area contributed by atoms with E-state index in [-0.39, 0.29) is 0 Å². The second-order valence-corrected chi connectivity index (χ2v) is 6.03. The molecule has 20 heavy (non-hydrogen) atoms. The lowest BCUT2D eigenvalue weighted by Crippen LogP contribution is -2.23. The molecule has 1 aromatic heterocycles. The molecule has 2 rings (SSSR count). The van der Waals surface area contributed by atoms with Crippen molar-refractivity contribution in [2.75, 3.05) is 6.54 Å². The van der Waals surface area contributed by atoms with E-state index in [1.807, 2.05) is 25.1 Å². The summed E-state index contributed by atoms with van der Waals surface area (Å²) in [6, 6.07) is 6.54. The fourth-order valence-corrected chi connectivity index (χ4v) is 2.13. The molecule has 0 fully saturated rings. The Balaban J connectivity index is 1.96. The average Bonchev–Trinajstić information content (AvgIpc) is 2.86. The van der Waals surface area contributed by atoms with E-state index in [1.54, 1.807) is 0 Å². The topological polar surface area (TPSA) is 51.0 Å². The molecule has 0 aliphatic carbocycles. The third-order valence-corrected chi connectivity index (χ3v) is 3.88. The van der Waals surface area contributed by atoms with Crippen LogP contribution in [-0.4, -0.2) is 22.8 Å². The average molecular weight is 338 g/mol. The summed E-state index contributed by atoms with van der Waals surface area (Å²) in [6.07, 6.45) is 1.81. The SMILES string of the molecule is Cc1cc(-c2nnc(CCCNC(C)C)o2)ccc1Br. The number of aromatic nitrogens is 2. The molecule has 5 heteroatoms. The van der Waals surface area contributed by atoms with Gasteiger partial charge in [-0.15, -0.1) is 10.2 Å². The summed E-state index contributed by atoms with van der Waals surface area (Å²) in [5.41, 5.74) is 2.12. The van der Waals surface area contributed by atoms with Gasteiger partial charge >= 0.3 is 0 Å². The van der Waals surface area contributed by atoms with Gasteiger partial charge in [-0.2, -0.15) is 0 Å². The smallest absolute Gasteiger partial charge is 0.247 e. The van der Waals surface area contributed by atoms with E-state index in [9.17, 15) is 0 Å². The zero-order valence-corrected chi connectivity index (χ0v) is 13.7. The molecule has 0 bridgehead atoms. The lowest BCUT2D eigenvalue weighted by Gasteiger charge is -2.05. The highest BCUT2D eigenvalue weighted by atomic mass is 79.9. The van der Waals surface area contributed by atoms with Crippen LogP contribution in [0, 0.1) is 6.92 Å². The monoisotopic (exact) mass is 337 g/mol. The highest BCUT2D eigenvalue weighted by Gasteiger charge is 2.09. The molecule has 0 spiro atoms. The van der Waals surface area contributed by atoms with Crippen LogP contribution >= 0.6 is 15.9 Å². The summed E-state index contributed by atoms with van der Waals surface area (Å²) in [5.74, 6) is 1.29. The van der Waals surface area contributed by atoms with E-state index in [0.717, 1.165) is 35.0 Å². The van der Waals surface area contributed by atoms with E-state index >= 15 is 0 Å². The molecule has 0 saturated heterocycles. The molecule has 108 valence electrons. The van der Waals surface area contributed by atoms with Crippen LogP contribution in [0.25, 0.3) is 11.5 Å². The lowest BCUT2D eigenvalue weighted by molar-refractivity contribution is 0.484. The molecule has 1 N–H and O–H groups in total. The number of hydrogen-bond donors (Lipinski definition) is 1. The maximum atomic E-state index is 5.71. The molecular weight excluding hydrogens is 318 g/mol. The minimum Gasteiger partial charge on any atom is -0.421 e. The van der Waals surface area contributed by atoms with Crippen LogP contribution in [0.4, 0.5) is 0 Å². The van der Waals surface area contributed by atoms with Gasteiger partial charge in [-0.1, -0.05) is 29.8 Å². The third-order valence-electron chi connectivity index (χ3n) is 2.99. The Labute approximate surface area is 128 Å². The number of aryl methyl sites for hydroxylation is 2. The minimum absolute atomic E-state index is 0.513. The molecule has 0 saturated carbocycles. The van der Waals surface area contributed by atoms with E-state index in [4.69, 9.17) is 4.42 Å². The standard InChI is InChI=1S/C15H20BrN3O/c1-10(2)17-8-4-5-14-18-19-15(20-14)12-6-7-13(16)11(3)9-12/h6-7,9-10,17H,4-5,8H2,1-3H3. The Morgan fingerprint density at radius 1 is 1.30 bits per heavy atom. The van der Waals surface area contributed by atoms with Gasteiger partial charge in [-0.25, -0.2) is 0 Å². The second-order valence-electron chi connectivity index (χ2n) is 5.18. The first kappa shape index (κ1) is 15.2. The normalized spacial score (nSPS) is 11.2. The van der Waals surface area contributed by atoms with E-state index in [1.165, 1.54) is 0 Å². The number of benzene rings is 1. The van der Waals surface area contributed by atoms with Gasteiger partial charge in [-0.05, 0) is 43.7 Å². The van der Waals surface area contributed by atoms with Crippen molar-refractivity contribution in [1.29, 1.82) is 0 Å². The molecule has 0 atom stereocenters. The Hall–Kier alpha value is -1.20. The number of halogens is 1. The molecule has 1 aromatic carbocycles. The Morgan fingerprint density at radius 3 is 2.80 bits per heavy atom. The number of rotatable bonds is 6. The van der Waals surface area contributed by atoms with Crippen molar-refractivity contribution >= 4 is 15.9 Å². The number of nitrogens with zero attached hydrogens (tertiary/aromatic N) is 2. The molecule has 0 aliphatic heterocycles. The van der Waals surface area contributed by atoms with Crippen molar-refractivity contribution in [2.24, 2.45) is 0 Å². The molecule has 2 aromatic rings. The van der Waals surface area contributed by atoms with Gasteiger partial charge in [0.15, 0.2) is 0 Å². The maximum Gasteiger partial charge on any atom is 0.247 e. The fraction of sp³-hybridized carbons (Fsp3) is 0.467. The van der Waals surface area contributed by atoms with Gasteiger partial charge in [0.25, 0.3) is 0 Å². The summed E-state index contributed by atoms with van der Waals surface area (Å²) < 4.78 is 6.79. The zero-order chi connectivity index (χ0) is 14.5. The van der Waals surface area contributed by atoms with Crippen molar-refractivity contribution in [1.82, 2.24) is 15.5 Å². The lowest BCUT2D eigenvalue weighted by atomic mass is 10.1. The summed E-state index contributed by atoms with van der Waals surface area (Å²) in [5, 5.41) is 11.6. The van der Waals surface area contributed by atoms with Gasteiger partial charge in [0, 0.05) is 22.5 Å². The van der Waals surface area contributed by atoms with Gasteiger partial charge in [0.05, 0.1) is 0 Å². The van der Waals surface area contributed by atoms with Gasteiger partial charge in [0.2, 0.25) is 11.8 Å². The predicted octanol–water partition coefficient (Wildman–Crippen LogP) is 3.74. The third kappa shape index (κ3) is 4.15. The molecule has 0 radical (unpaired) electrons. The van der Waals surface area contributed by atoms with Gasteiger partial charge in [0.1, 0.15) is 0 Å². The first-order valence-corrected chi connectivity index (χ1v) is 7.68. The van der Waals surface area contributed by atoms with Crippen LogP contribution in [0.2, 0.25) is 0 Å². The molecule has 0 unspecified atom stereocenters. The van der Waals surface area contributed by atoms with Crippen LogP contribution in [0.1, 0.15) is 31.7 Å². The highest BCUT2D eigenvalue weighted by molar-refractivity contribution is 9.10. The van der Waals surface area contributed by atoms with Crippen LogP contribution in [0.3, 0.4) is 0 Å². The summed E-state index contributed by atoms with van der Waals surface area (Å²) in [7, 11) is 0. The van der Waals surface area contributed by atoms with Crippen molar-refractivity contribution in [3.05, 3.63) is 34.1 Å². The Kier molecular flexibility index (Phi) is 5.31. The Morgan fingerprint density at radius 2 is 2.10 bits per heavy atom. The van der Waals surface area contributed by atoms with Gasteiger partial charge in [-0.3, -0.25) is 0 Å². The predicted molar refractivity (Wildman–Crippen MR) is 83.6 cm³/mol. The van der Waals surface area contributed by atoms with Crippen molar-refractivity contribution in [2.45, 2.75) is 39.7 Å². The summed E-state index contributed by atoms with van der Waals surface area (Å²) >= 11 is 3.49. The number of hydrogen-bond acceptors (Lipinski definition) is 4. The zero-order valence-electron chi connectivity index (χ0n) is 12.1. The van der Waals surface area contributed by atoms with Crippen molar-refractivity contribution < 1.29 is 4.42 Å². The molecule has 4 nitrogen and oxygen atoms in total. The Bertz CT molecular complexity index is 566.